The first-order valence-corrected chi connectivity index (χ1v) is 15.2. The fraction of sp³-hybridized carbons (Fsp3) is 0.500. The fourth-order valence-electron chi connectivity index (χ4n) is 4.92. The van der Waals surface area contributed by atoms with E-state index in [2.05, 4.69) is 0 Å². The maximum atomic E-state index is 14.3. The van der Waals surface area contributed by atoms with Crippen LogP contribution in [0.2, 0.25) is 10.0 Å². The number of ether oxygens (including phenoxy) is 1. The van der Waals surface area contributed by atoms with Crippen LogP contribution in [0, 0.1) is 0 Å². The summed E-state index contributed by atoms with van der Waals surface area (Å²) in [5.41, 5.74) is -1.41. The van der Waals surface area contributed by atoms with Gasteiger partial charge in [-0.2, -0.15) is 13.2 Å². The molecule has 0 aliphatic carbocycles. The number of alkyl halides is 3. The highest BCUT2D eigenvalue weighted by Crippen LogP contribution is 2.50. The van der Waals surface area contributed by atoms with Gasteiger partial charge < -0.3 is 14.7 Å². The smallest absolute Gasteiger partial charge is 0.391 e. The number of carboxylic acid groups (broad SMARTS) is 1. The van der Waals surface area contributed by atoms with Crippen LogP contribution in [-0.2, 0) is 24.2 Å². The average Bonchev–Trinajstić information content (AvgIpc) is 2.83. The number of sulfone groups is 1. The van der Waals surface area contributed by atoms with Gasteiger partial charge in [0.2, 0.25) is 0 Å². The van der Waals surface area contributed by atoms with Gasteiger partial charge >= 0.3 is 12.1 Å². The molecule has 7 nitrogen and oxygen atoms in total. The number of nitrogens with zero attached hydrogens (tertiary/aromatic N) is 1. The second kappa shape index (κ2) is 12.1. The van der Waals surface area contributed by atoms with Gasteiger partial charge in [0, 0.05) is 10.0 Å². The minimum atomic E-state index is -4.87. The van der Waals surface area contributed by atoms with Crippen LogP contribution in [0.15, 0.2) is 48.5 Å². The molecule has 1 heterocycles. The molecule has 1 fully saturated rings. The first-order chi connectivity index (χ1) is 18.8. The quantitative estimate of drug-likeness (QED) is 0.325. The molecule has 226 valence electrons. The molecule has 4 atom stereocenters. The minimum absolute atomic E-state index is 0.205. The van der Waals surface area contributed by atoms with Crippen LogP contribution in [0.1, 0.15) is 70.2 Å². The van der Waals surface area contributed by atoms with Crippen molar-refractivity contribution in [3.05, 3.63) is 69.7 Å². The number of hydrogen-bond donors (Lipinski definition) is 1. The van der Waals surface area contributed by atoms with Crippen LogP contribution in [-0.4, -0.2) is 58.6 Å². The molecule has 41 heavy (non-hydrogen) atoms. The predicted molar refractivity (Wildman–Crippen MR) is 150 cm³/mol. The van der Waals surface area contributed by atoms with Gasteiger partial charge in [0.15, 0.2) is 15.4 Å². The summed E-state index contributed by atoms with van der Waals surface area (Å²) < 4.78 is 73.8. The van der Waals surface area contributed by atoms with E-state index in [4.69, 9.17) is 27.9 Å². The van der Waals surface area contributed by atoms with E-state index >= 15 is 0 Å². The average molecular weight is 639 g/mol. The van der Waals surface area contributed by atoms with Gasteiger partial charge in [-0.25, -0.2) is 8.42 Å². The van der Waals surface area contributed by atoms with Crippen molar-refractivity contribution in [3.63, 3.8) is 0 Å². The Kier molecular flexibility index (Phi) is 9.79. The van der Waals surface area contributed by atoms with E-state index in [1.807, 2.05) is 0 Å². The summed E-state index contributed by atoms with van der Waals surface area (Å²) in [6.45, 7) is 5.57. The predicted octanol–water partition coefficient (Wildman–Crippen LogP) is 6.79. The van der Waals surface area contributed by atoms with E-state index in [9.17, 15) is 36.3 Å². The first-order valence-electron chi connectivity index (χ1n) is 12.8. The third-order valence-corrected chi connectivity index (χ3v) is 10.3. The van der Waals surface area contributed by atoms with Gasteiger partial charge in [0.1, 0.15) is 6.10 Å². The molecule has 1 amide bonds. The van der Waals surface area contributed by atoms with E-state index in [0.29, 0.717) is 16.1 Å². The zero-order valence-electron chi connectivity index (χ0n) is 22.9. The molecule has 1 N–H and O–H groups in total. The lowest BCUT2D eigenvalue weighted by atomic mass is 9.84. The van der Waals surface area contributed by atoms with Crippen LogP contribution >= 0.6 is 23.2 Å². The Morgan fingerprint density at radius 1 is 1.07 bits per heavy atom. The molecule has 13 heteroatoms. The third kappa shape index (κ3) is 7.55. The molecule has 0 saturated carbocycles. The lowest BCUT2D eigenvalue weighted by Crippen LogP contribution is -2.63. The molecule has 0 aromatic heterocycles. The highest BCUT2D eigenvalue weighted by Gasteiger charge is 2.57. The molecule has 2 aromatic rings. The summed E-state index contributed by atoms with van der Waals surface area (Å²) in [4.78, 5) is 27.1. The number of benzene rings is 2. The number of rotatable bonds is 9. The van der Waals surface area contributed by atoms with Crippen LogP contribution in [0.4, 0.5) is 13.2 Å². The minimum Gasteiger partial charge on any atom is -0.481 e. The van der Waals surface area contributed by atoms with Crippen LogP contribution in [0.25, 0.3) is 0 Å². The molecule has 1 unspecified atom stereocenters. The number of halogens is 5. The van der Waals surface area contributed by atoms with E-state index in [1.54, 1.807) is 18.2 Å². The van der Waals surface area contributed by atoms with Crippen molar-refractivity contribution < 1.29 is 41.0 Å². The molecule has 0 bridgehead atoms. The zero-order chi connectivity index (χ0) is 31.0. The van der Waals surface area contributed by atoms with E-state index in [-0.39, 0.29) is 11.4 Å². The van der Waals surface area contributed by atoms with Crippen molar-refractivity contribution in [2.24, 2.45) is 0 Å². The summed E-state index contributed by atoms with van der Waals surface area (Å²) in [6.07, 6.45) is -8.78. The largest absolute Gasteiger partial charge is 0.481 e. The number of morpholine rings is 1. The molecule has 1 aliphatic heterocycles. The molecular weight excluding hydrogens is 606 g/mol. The summed E-state index contributed by atoms with van der Waals surface area (Å²) in [6, 6.07) is 9.06. The number of aliphatic carboxylic acids is 1. The van der Waals surface area contributed by atoms with Crippen LogP contribution < -0.4 is 0 Å². The Morgan fingerprint density at radius 3 is 2.17 bits per heavy atom. The highest BCUT2D eigenvalue weighted by atomic mass is 35.5. The monoisotopic (exact) mass is 637 g/mol. The maximum Gasteiger partial charge on any atom is 0.391 e. The van der Waals surface area contributed by atoms with Crippen molar-refractivity contribution in [1.29, 1.82) is 0 Å². The van der Waals surface area contributed by atoms with Gasteiger partial charge in [-0.05, 0) is 62.6 Å². The molecular formula is C28H32Cl2F3NO6S. The molecule has 1 aliphatic rings. The van der Waals surface area contributed by atoms with Crippen LogP contribution in [0.3, 0.4) is 0 Å². The Bertz CT molecular complexity index is 1380. The van der Waals surface area contributed by atoms with Crippen molar-refractivity contribution >= 4 is 44.9 Å². The Morgan fingerprint density at radius 2 is 1.68 bits per heavy atom. The molecule has 2 aromatic carbocycles. The Balaban J connectivity index is 2.38. The number of carbonyl (C=O) groups is 2. The topological polar surface area (TPSA) is 101 Å². The normalized spacial score (nSPS) is 23.0. The Hall–Kier alpha value is -2.34. The van der Waals surface area contributed by atoms with Gasteiger partial charge in [-0.15, -0.1) is 0 Å². The lowest BCUT2D eigenvalue weighted by molar-refractivity contribution is -0.216. The summed E-state index contributed by atoms with van der Waals surface area (Å²) >= 11 is 12.3. The van der Waals surface area contributed by atoms with Crippen molar-refractivity contribution in [1.82, 2.24) is 4.90 Å². The second-order valence-corrected chi connectivity index (χ2v) is 14.7. The van der Waals surface area contributed by atoms with Gasteiger partial charge in [-0.1, -0.05) is 54.4 Å². The standard InChI is InChI=1S/C28H32Cl2F3NO6S/c1-5-27(15-22(35)36)25(37)34(21(14-28(31,32)33)16-41(38,39)26(2,3)4)23(17-9-11-19(29)12-10-17)24(40-27)18-7-6-8-20(30)13-18/h6-13,21,23-24H,5,14-16H2,1-4H3,(H,35,36)/t21?,23-,24-,27+/m1/s1. The van der Waals surface area contributed by atoms with Crippen molar-refractivity contribution in [2.75, 3.05) is 5.75 Å². The zero-order valence-corrected chi connectivity index (χ0v) is 25.2. The molecule has 3 rings (SSSR count). The van der Waals surface area contributed by atoms with E-state index in [0.717, 1.165) is 4.90 Å². The maximum absolute atomic E-state index is 14.3. The van der Waals surface area contributed by atoms with Crippen molar-refractivity contribution in [2.45, 2.75) is 81.7 Å². The molecule has 1 saturated heterocycles. The summed E-state index contributed by atoms with van der Waals surface area (Å²) in [5.74, 6) is -3.47. The molecule has 0 radical (unpaired) electrons. The number of hydrogen-bond acceptors (Lipinski definition) is 5. The SMILES string of the molecule is CC[C@@]1(CC(=O)O)O[C@H](c2cccc(Cl)c2)[C@@H](c2ccc(Cl)cc2)N(C(CC(F)(F)F)CS(=O)(=O)C(C)(C)C)C1=O. The highest BCUT2D eigenvalue weighted by molar-refractivity contribution is 7.92. The number of carboxylic acids is 1. The summed E-state index contributed by atoms with van der Waals surface area (Å²) in [5, 5.41) is 10.3. The van der Waals surface area contributed by atoms with E-state index < -0.39 is 75.0 Å². The molecule has 0 spiro atoms. The third-order valence-electron chi connectivity index (χ3n) is 7.17. The lowest BCUT2D eigenvalue weighted by Gasteiger charge is -2.52. The number of amides is 1. The van der Waals surface area contributed by atoms with Gasteiger partial charge in [0.25, 0.3) is 5.91 Å². The first kappa shape index (κ1) is 33.2. The summed E-state index contributed by atoms with van der Waals surface area (Å²) in [7, 11) is -4.20. The van der Waals surface area contributed by atoms with E-state index in [1.165, 1.54) is 58.0 Å². The Labute approximate surface area is 247 Å². The second-order valence-electron chi connectivity index (χ2n) is 11.1. The number of carbonyl (C=O) groups excluding carboxylic acids is 1. The van der Waals surface area contributed by atoms with Crippen LogP contribution in [0.5, 0.6) is 0 Å². The van der Waals surface area contributed by atoms with Gasteiger partial charge in [-0.3, -0.25) is 9.59 Å². The van der Waals surface area contributed by atoms with Gasteiger partial charge in [0.05, 0.1) is 35.4 Å². The fourth-order valence-corrected chi connectivity index (χ4v) is 6.53. The van der Waals surface area contributed by atoms with Crippen molar-refractivity contribution in [3.8, 4) is 0 Å².